The van der Waals surface area contributed by atoms with Crippen LogP contribution in [0.4, 0.5) is 5.69 Å². The summed E-state index contributed by atoms with van der Waals surface area (Å²) in [6.07, 6.45) is 0. The van der Waals surface area contributed by atoms with Crippen molar-refractivity contribution in [2.24, 2.45) is 5.41 Å². The zero-order valence-electron chi connectivity index (χ0n) is 15.5. The Morgan fingerprint density at radius 3 is 2.19 bits per heavy atom. The summed E-state index contributed by atoms with van der Waals surface area (Å²) >= 11 is 0. The van der Waals surface area contributed by atoms with Crippen LogP contribution >= 0.6 is 0 Å². The molecular weight excluding hydrogens is 332 g/mol. The molecule has 0 aliphatic rings. The highest BCUT2D eigenvalue weighted by Gasteiger charge is 2.36. The normalized spacial score (nSPS) is 10.8. The van der Waals surface area contributed by atoms with E-state index in [4.69, 9.17) is 9.47 Å². The highest BCUT2D eigenvalue weighted by atomic mass is 16.5. The lowest BCUT2D eigenvalue weighted by atomic mass is 9.90. The van der Waals surface area contributed by atoms with Gasteiger partial charge in [-0.25, -0.2) is 0 Å². The third kappa shape index (κ3) is 4.75. The highest BCUT2D eigenvalue weighted by molar-refractivity contribution is 6.09. The molecule has 26 heavy (non-hydrogen) atoms. The summed E-state index contributed by atoms with van der Waals surface area (Å²) in [5.74, 6) is 0.634. The first-order chi connectivity index (χ1) is 12.4. The van der Waals surface area contributed by atoms with Gasteiger partial charge in [-0.3, -0.25) is 9.59 Å². The standard InChI is InChI=1S/C20H24N2O4/c1-20(2,19(24)22-15-6-5-7-17(12-15)26-4)18(23)21-13-14-8-10-16(25-3)11-9-14/h5-12H,13H2,1-4H3,(H,21,23)(H,22,24). The molecule has 2 N–H and O–H groups in total. The molecule has 2 amide bonds. The molecule has 6 nitrogen and oxygen atoms in total. The van der Waals surface area contributed by atoms with E-state index in [0.29, 0.717) is 18.0 Å². The number of amides is 2. The Kier molecular flexibility index (Phi) is 6.22. The zero-order valence-corrected chi connectivity index (χ0v) is 15.5. The molecule has 0 atom stereocenters. The molecule has 0 unspecified atom stereocenters. The van der Waals surface area contributed by atoms with Gasteiger partial charge in [0.2, 0.25) is 11.8 Å². The minimum Gasteiger partial charge on any atom is -0.497 e. The van der Waals surface area contributed by atoms with Crippen molar-refractivity contribution >= 4 is 17.5 Å². The molecule has 2 aromatic rings. The van der Waals surface area contributed by atoms with E-state index in [2.05, 4.69) is 10.6 Å². The Morgan fingerprint density at radius 1 is 0.923 bits per heavy atom. The van der Waals surface area contributed by atoms with Gasteiger partial charge in [-0.1, -0.05) is 18.2 Å². The summed E-state index contributed by atoms with van der Waals surface area (Å²) in [5, 5.41) is 5.56. The Balaban J connectivity index is 1.97. The first-order valence-corrected chi connectivity index (χ1v) is 8.23. The monoisotopic (exact) mass is 356 g/mol. The Hall–Kier alpha value is -3.02. The number of methoxy groups -OCH3 is 2. The molecule has 0 saturated carbocycles. The van der Waals surface area contributed by atoms with Gasteiger partial charge in [-0.2, -0.15) is 0 Å². The van der Waals surface area contributed by atoms with Crippen molar-refractivity contribution in [1.82, 2.24) is 5.32 Å². The van der Waals surface area contributed by atoms with E-state index in [1.807, 2.05) is 24.3 Å². The fourth-order valence-corrected chi connectivity index (χ4v) is 2.24. The van der Waals surface area contributed by atoms with Gasteiger partial charge in [0, 0.05) is 18.3 Å². The average molecular weight is 356 g/mol. The number of hydrogen-bond acceptors (Lipinski definition) is 4. The lowest BCUT2D eigenvalue weighted by molar-refractivity contribution is -0.138. The Morgan fingerprint density at radius 2 is 1.58 bits per heavy atom. The molecule has 2 aromatic carbocycles. The topological polar surface area (TPSA) is 76.7 Å². The smallest absolute Gasteiger partial charge is 0.239 e. The number of carbonyl (C=O) groups is 2. The van der Waals surface area contributed by atoms with Gasteiger partial charge < -0.3 is 20.1 Å². The predicted octanol–water partition coefficient (Wildman–Crippen LogP) is 2.98. The quantitative estimate of drug-likeness (QED) is 0.748. The van der Waals surface area contributed by atoms with Crippen LogP contribution in [0.25, 0.3) is 0 Å². The second kappa shape index (κ2) is 8.38. The van der Waals surface area contributed by atoms with Crippen molar-refractivity contribution in [3.05, 3.63) is 54.1 Å². The van der Waals surface area contributed by atoms with Gasteiger partial charge in [-0.05, 0) is 43.7 Å². The molecule has 6 heteroatoms. The maximum Gasteiger partial charge on any atom is 0.239 e. The lowest BCUT2D eigenvalue weighted by Crippen LogP contribution is -2.44. The van der Waals surface area contributed by atoms with E-state index >= 15 is 0 Å². The number of benzene rings is 2. The summed E-state index contributed by atoms with van der Waals surface area (Å²) < 4.78 is 10.2. The van der Waals surface area contributed by atoms with Gasteiger partial charge in [-0.15, -0.1) is 0 Å². The Labute approximate surface area is 153 Å². The molecule has 0 saturated heterocycles. The van der Waals surface area contributed by atoms with Crippen LogP contribution in [0.3, 0.4) is 0 Å². The van der Waals surface area contributed by atoms with Crippen molar-refractivity contribution in [2.45, 2.75) is 20.4 Å². The number of carbonyl (C=O) groups excluding carboxylic acids is 2. The number of anilines is 1. The summed E-state index contributed by atoms with van der Waals surface area (Å²) in [6, 6.07) is 14.4. The number of ether oxygens (including phenoxy) is 2. The molecule has 0 aromatic heterocycles. The SMILES string of the molecule is COc1ccc(CNC(=O)C(C)(C)C(=O)Nc2cccc(OC)c2)cc1. The van der Waals surface area contributed by atoms with Crippen molar-refractivity contribution < 1.29 is 19.1 Å². The summed E-state index contributed by atoms with van der Waals surface area (Å²) in [5.41, 5.74) is 0.267. The first-order valence-electron chi connectivity index (χ1n) is 8.23. The van der Waals surface area contributed by atoms with E-state index in [1.165, 1.54) is 0 Å². The molecule has 0 heterocycles. The summed E-state index contributed by atoms with van der Waals surface area (Å²) in [7, 11) is 3.15. The van der Waals surface area contributed by atoms with E-state index in [9.17, 15) is 9.59 Å². The van der Waals surface area contributed by atoms with Crippen LogP contribution < -0.4 is 20.1 Å². The van der Waals surface area contributed by atoms with Crippen molar-refractivity contribution in [3.8, 4) is 11.5 Å². The number of nitrogens with one attached hydrogen (secondary N) is 2. The third-order valence-electron chi connectivity index (χ3n) is 4.08. The largest absolute Gasteiger partial charge is 0.497 e. The Bertz CT molecular complexity index is 770. The van der Waals surface area contributed by atoms with Crippen molar-refractivity contribution in [3.63, 3.8) is 0 Å². The fourth-order valence-electron chi connectivity index (χ4n) is 2.24. The molecular formula is C20H24N2O4. The van der Waals surface area contributed by atoms with Crippen molar-refractivity contribution in [1.29, 1.82) is 0 Å². The maximum atomic E-state index is 12.5. The summed E-state index contributed by atoms with van der Waals surface area (Å²) in [6.45, 7) is 3.51. The number of hydrogen-bond donors (Lipinski definition) is 2. The lowest BCUT2D eigenvalue weighted by Gasteiger charge is -2.23. The van der Waals surface area contributed by atoms with Crippen molar-refractivity contribution in [2.75, 3.05) is 19.5 Å². The molecule has 0 bridgehead atoms. The number of rotatable bonds is 7. The minimum absolute atomic E-state index is 0.332. The van der Waals surface area contributed by atoms with E-state index in [-0.39, 0.29) is 5.91 Å². The summed E-state index contributed by atoms with van der Waals surface area (Å²) in [4.78, 5) is 25.0. The zero-order chi connectivity index (χ0) is 19.2. The molecule has 2 rings (SSSR count). The molecule has 0 aliphatic heterocycles. The minimum atomic E-state index is -1.23. The van der Waals surface area contributed by atoms with Crippen LogP contribution in [-0.4, -0.2) is 26.0 Å². The second-order valence-corrected chi connectivity index (χ2v) is 6.34. The van der Waals surface area contributed by atoms with Gasteiger partial charge in [0.1, 0.15) is 16.9 Å². The molecule has 0 radical (unpaired) electrons. The maximum absolute atomic E-state index is 12.5. The predicted molar refractivity (Wildman–Crippen MR) is 100 cm³/mol. The van der Waals surface area contributed by atoms with Gasteiger partial charge in [0.05, 0.1) is 14.2 Å². The van der Waals surface area contributed by atoms with Gasteiger partial charge in [0.15, 0.2) is 0 Å². The van der Waals surface area contributed by atoms with E-state index in [0.717, 1.165) is 11.3 Å². The van der Waals surface area contributed by atoms with Crippen LogP contribution in [-0.2, 0) is 16.1 Å². The molecule has 0 fully saturated rings. The second-order valence-electron chi connectivity index (χ2n) is 6.34. The molecule has 0 spiro atoms. The van der Waals surface area contributed by atoms with Gasteiger partial charge in [0.25, 0.3) is 0 Å². The van der Waals surface area contributed by atoms with Crippen LogP contribution in [0.1, 0.15) is 19.4 Å². The molecule has 138 valence electrons. The van der Waals surface area contributed by atoms with Crippen LogP contribution in [0.2, 0.25) is 0 Å². The first kappa shape index (κ1) is 19.3. The van der Waals surface area contributed by atoms with Crippen LogP contribution in [0.15, 0.2) is 48.5 Å². The van der Waals surface area contributed by atoms with Gasteiger partial charge >= 0.3 is 0 Å². The fraction of sp³-hybridized carbons (Fsp3) is 0.300. The average Bonchev–Trinajstić information content (AvgIpc) is 2.66. The third-order valence-corrected chi connectivity index (χ3v) is 4.08. The van der Waals surface area contributed by atoms with Crippen LogP contribution in [0, 0.1) is 5.41 Å². The van der Waals surface area contributed by atoms with E-state index < -0.39 is 11.3 Å². The van der Waals surface area contributed by atoms with E-state index in [1.54, 1.807) is 52.3 Å². The van der Waals surface area contributed by atoms with Crippen LogP contribution in [0.5, 0.6) is 11.5 Å². The highest BCUT2D eigenvalue weighted by Crippen LogP contribution is 2.22. The molecule has 0 aliphatic carbocycles.